The smallest absolute Gasteiger partial charge is 0.118 e. The van der Waals surface area contributed by atoms with Crippen molar-refractivity contribution in [3.63, 3.8) is 0 Å². The lowest BCUT2D eigenvalue weighted by Gasteiger charge is -1.98. The van der Waals surface area contributed by atoms with E-state index < -0.39 is 0 Å². The maximum absolute atomic E-state index is 9.29. The molecule has 1 rings (SSSR count). The Hall–Kier alpha value is -0.760. The summed E-state index contributed by atoms with van der Waals surface area (Å²) < 4.78 is 0.975. The summed E-state index contributed by atoms with van der Waals surface area (Å²) in [5.41, 5.74) is 0.835. The number of aliphatic hydroxyl groups is 1. The van der Waals surface area contributed by atoms with Gasteiger partial charge in [-0.25, -0.2) is 0 Å². The molecule has 11 heavy (non-hydrogen) atoms. The second kappa shape index (κ2) is 3.58. The van der Waals surface area contributed by atoms with Crippen LogP contribution in [-0.2, 0) is 0 Å². The first kappa shape index (κ1) is 8.34. The molecule has 0 saturated heterocycles. The number of benzene rings is 1. The van der Waals surface area contributed by atoms with Gasteiger partial charge in [0.25, 0.3) is 0 Å². The molecule has 0 aliphatic carbocycles. The summed E-state index contributed by atoms with van der Waals surface area (Å²) in [6.45, 7) is 1.80. The maximum atomic E-state index is 9.29. The van der Waals surface area contributed by atoms with E-state index in [1.54, 1.807) is 13.0 Å². The van der Waals surface area contributed by atoms with Crippen molar-refractivity contribution in [2.24, 2.45) is 0 Å². The number of hydrogen-bond acceptors (Lipinski definition) is 1. The molecule has 0 atom stereocenters. The van der Waals surface area contributed by atoms with Crippen LogP contribution < -0.4 is 0 Å². The highest BCUT2D eigenvalue weighted by Gasteiger charge is 1.95. The van der Waals surface area contributed by atoms with Crippen LogP contribution in [-0.4, -0.2) is 5.11 Å². The molecule has 0 aliphatic heterocycles. The van der Waals surface area contributed by atoms with Gasteiger partial charge in [-0.15, -0.1) is 0 Å². The topological polar surface area (TPSA) is 20.2 Å². The van der Waals surface area contributed by atoms with Crippen molar-refractivity contribution >= 4 is 21.7 Å². The molecule has 0 fully saturated rings. The van der Waals surface area contributed by atoms with Gasteiger partial charge in [0.15, 0.2) is 0 Å². The van der Waals surface area contributed by atoms with Gasteiger partial charge in [-0.2, -0.15) is 0 Å². The Bertz CT molecular complexity index is 279. The van der Waals surface area contributed by atoms with Gasteiger partial charge >= 0.3 is 0 Å². The standard InChI is InChI=1S/C9H9BrO/c1-2-9(11)7-4-3-5-8(10)6-7/h2-6,11H,1H3. The molecular weight excluding hydrogens is 204 g/mol. The van der Waals surface area contributed by atoms with Crippen LogP contribution in [0.25, 0.3) is 5.76 Å². The number of aliphatic hydroxyl groups excluding tert-OH is 1. The van der Waals surface area contributed by atoms with E-state index in [0.29, 0.717) is 5.76 Å². The lowest BCUT2D eigenvalue weighted by atomic mass is 10.2. The minimum atomic E-state index is 0.311. The van der Waals surface area contributed by atoms with Crippen molar-refractivity contribution in [1.29, 1.82) is 0 Å². The summed E-state index contributed by atoms with van der Waals surface area (Å²) in [6.07, 6.45) is 1.67. The first-order valence-corrected chi connectivity index (χ1v) is 4.14. The Morgan fingerprint density at radius 2 is 2.27 bits per heavy atom. The van der Waals surface area contributed by atoms with Crippen LogP contribution in [0.3, 0.4) is 0 Å². The summed E-state index contributed by atoms with van der Waals surface area (Å²) in [6, 6.07) is 7.54. The predicted molar refractivity (Wildman–Crippen MR) is 50.4 cm³/mol. The van der Waals surface area contributed by atoms with Crippen molar-refractivity contribution < 1.29 is 5.11 Å². The van der Waals surface area contributed by atoms with Crippen LogP contribution in [0.5, 0.6) is 0 Å². The van der Waals surface area contributed by atoms with E-state index in [0.717, 1.165) is 10.0 Å². The molecule has 58 valence electrons. The molecule has 0 bridgehead atoms. The summed E-state index contributed by atoms with van der Waals surface area (Å²) in [5, 5.41) is 9.29. The molecule has 0 heterocycles. The summed E-state index contributed by atoms with van der Waals surface area (Å²) in [7, 11) is 0. The van der Waals surface area contributed by atoms with Gasteiger partial charge in [-0.1, -0.05) is 28.1 Å². The number of hydrogen-bond donors (Lipinski definition) is 1. The fraction of sp³-hybridized carbons (Fsp3) is 0.111. The Kier molecular flexibility index (Phi) is 2.71. The van der Waals surface area contributed by atoms with E-state index in [-0.39, 0.29) is 0 Å². The van der Waals surface area contributed by atoms with Crippen LogP contribution in [0.1, 0.15) is 12.5 Å². The van der Waals surface area contributed by atoms with E-state index >= 15 is 0 Å². The minimum absolute atomic E-state index is 0.311. The fourth-order valence-corrected chi connectivity index (χ4v) is 1.21. The number of allylic oxidation sites excluding steroid dienone is 1. The second-order valence-corrected chi connectivity index (χ2v) is 3.10. The highest BCUT2D eigenvalue weighted by atomic mass is 79.9. The minimum Gasteiger partial charge on any atom is -0.508 e. The SMILES string of the molecule is CC=C(O)c1cccc(Br)c1. The average Bonchev–Trinajstić information content (AvgIpc) is 2.03. The monoisotopic (exact) mass is 212 g/mol. The zero-order valence-electron chi connectivity index (χ0n) is 6.21. The van der Waals surface area contributed by atoms with Gasteiger partial charge in [0, 0.05) is 10.0 Å². The predicted octanol–water partition coefficient (Wildman–Crippen LogP) is 3.37. The molecule has 0 unspecified atom stereocenters. The van der Waals surface area contributed by atoms with Gasteiger partial charge in [0.1, 0.15) is 5.76 Å². The lowest BCUT2D eigenvalue weighted by molar-refractivity contribution is 0.511. The zero-order chi connectivity index (χ0) is 8.27. The molecule has 0 aliphatic rings. The van der Waals surface area contributed by atoms with Crippen LogP contribution in [0.4, 0.5) is 0 Å². The summed E-state index contributed by atoms with van der Waals surface area (Å²) in [5.74, 6) is 0.311. The van der Waals surface area contributed by atoms with Crippen molar-refractivity contribution in [2.45, 2.75) is 6.92 Å². The van der Waals surface area contributed by atoms with Crippen molar-refractivity contribution in [3.05, 3.63) is 40.4 Å². The van der Waals surface area contributed by atoms with Gasteiger partial charge in [0.2, 0.25) is 0 Å². The van der Waals surface area contributed by atoms with Crippen LogP contribution in [0.2, 0.25) is 0 Å². The lowest BCUT2D eigenvalue weighted by Crippen LogP contribution is -1.80. The van der Waals surface area contributed by atoms with Gasteiger partial charge in [-0.05, 0) is 25.1 Å². The quantitative estimate of drug-likeness (QED) is 0.709. The van der Waals surface area contributed by atoms with Gasteiger partial charge in [-0.3, -0.25) is 0 Å². The van der Waals surface area contributed by atoms with Gasteiger partial charge < -0.3 is 5.11 Å². The van der Waals surface area contributed by atoms with Crippen LogP contribution in [0, 0.1) is 0 Å². The Labute approximate surface area is 74.5 Å². The largest absolute Gasteiger partial charge is 0.508 e. The van der Waals surface area contributed by atoms with E-state index in [9.17, 15) is 5.11 Å². The van der Waals surface area contributed by atoms with E-state index in [1.807, 2.05) is 24.3 Å². The Morgan fingerprint density at radius 1 is 1.55 bits per heavy atom. The molecule has 1 N–H and O–H groups in total. The normalized spacial score (nSPS) is 11.6. The molecule has 0 amide bonds. The molecule has 0 radical (unpaired) electrons. The molecule has 0 saturated carbocycles. The maximum Gasteiger partial charge on any atom is 0.118 e. The molecule has 1 aromatic carbocycles. The van der Waals surface area contributed by atoms with Gasteiger partial charge in [0.05, 0.1) is 0 Å². The van der Waals surface area contributed by atoms with Crippen LogP contribution >= 0.6 is 15.9 Å². The third-order valence-corrected chi connectivity index (χ3v) is 1.89. The fourth-order valence-electron chi connectivity index (χ4n) is 0.814. The zero-order valence-corrected chi connectivity index (χ0v) is 7.80. The van der Waals surface area contributed by atoms with E-state index in [2.05, 4.69) is 15.9 Å². The molecule has 1 aromatic rings. The second-order valence-electron chi connectivity index (χ2n) is 2.18. The Morgan fingerprint density at radius 3 is 2.82 bits per heavy atom. The summed E-state index contributed by atoms with van der Waals surface area (Å²) >= 11 is 3.32. The van der Waals surface area contributed by atoms with E-state index in [4.69, 9.17) is 0 Å². The van der Waals surface area contributed by atoms with Crippen molar-refractivity contribution in [2.75, 3.05) is 0 Å². The van der Waals surface area contributed by atoms with Crippen LogP contribution in [0.15, 0.2) is 34.8 Å². The third-order valence-electron chi connectivity index (χ3n) is 1.39. The average molecular weight is 213 g/mol. The first-order chi connectivity index (χ1) is 5.24. The number of halogens is 1. The number of rotatable bonds is 1. The van der Waals surface area contributed by atoms with E-state index in [1.165, 1.54) is 0 Å². The highest BCUT2D eigenvalue weighted by molar-refractivity contribution is 9.10. The molecule has 1 nitrogen and oxygen atoms in total. The first-order valence-electron chi connectivity index (χ1n) is 3.35. The molecular formula is C9H9BrO. The highest BCUT2D eigenvalue weighted by Crippen LogP contribution is 2.16. The van der Waals surface area contributed by atoms with Crippen molar-refractivity contribution in [3.8, 4) is 0 Å². The summed E-state index contributed by atoms with van der Waals surface area (Å²) in [4.78, 5) is 0. The molecule has 2 heteroatoms. The third kappa shape index (κ3) is 2.09. The molecule has 0 spiro atoms. The molecule has 0 aromatic heterocycles. The Balaban J connectivity index is 3.06. The van der Waals surface area contributed by atoms with Crippen molar-refractivity contribution in [1.82, 2.24) is 0 Å².